The van der Waals surface area contributed by atoms with Crippen LogP contribution in [0.4, 0.5) is 0 Å². The van der Waals surface area contributed by atoms with Crippen molar-refractivity contribution >= 4 is 27.5 Å². The number of aliphatic hydroxyl groups is 1. The van der Waals surface area contributed by atoms with E-state index in [-0.39, 0.29) is 6.61 Å². The third-order valence-electron chi connectivity index (χ3n) is 1.97. The minimum absolute atomic E-state index is 0.153. The molecule has 0 fully saturated rings. The van der Waals surface area contributed by atoms with Crippen LogP contribution >= 0.6 is 27.5 Å². The van der Waals surface area contributed by atoms with E-state index in [2.05, 4.69) is 20.9 Å². The summed E-state index contributed by atoms with van der Waals surface area (Å²) >= 11 is 9.26. The molecule has 1 heterocycles. The summed E-state index contributed by atoms with van der Waals surface area (Å²) in [6.07, 6.45) is 1.30. The predicted molar refractivity (Wildman–Crippen MR) is 60.6 cm³/mol. The molecule has 5 heteroatoms. The molecular formula is C10H7BrClNO2. The standard InChI is InChI=1S/C10H7BrClNO2/c11-7-2-1-6(3-8(7)12)10-9(4-14)13-5-15-10/h1-3,5,14H,4H2. The quantitative estimate of drug-likeness (QED) is 0.922. The number of hydrogen-bond acceptors (Lipinski definition) is 3. The lowest BCUT2D eigenvalue weighted by molar-refractivity contribution is 0.277. The van der Waals surface area contributed by atoms with E-state index < -0.39 is 0 Å². The van der Waals surface area contributed by atoms with Gasteiger partial charge in [-0.2, -0.15) is 0 Å². The number of oxazole rings is 1. The lowest BCUT2D eigenvalue weighted by atomic mass is 10.1. The number of hydrogen-bond donors (Lipinski definition) is 1. The predicted octanol–water partition coefficient (Wildman–Crippen LogP) is 3.25. The molecule has 0 saturated carbocycles. The van der Waals surface area contributed by atoms with Gasteiger partial charge in [0.15, 0.2) is 12.2 Å². The van der Waals surface area contributed by atoms with E-state index >= 15 is 0 Å². The van der Waals surface area contributed by atoms with Crippen molar-refractivity contribution in [1.82, 2.24) is 4.98 Å². The number of halogens is 2. The first kappa shape index (κ1) is 10.7. The van der Waals surface area contributed by atoms with Crippen LogP contribution in [0.3, 0.4) is 0 Å². The molecule has 1 N–H and O–H groups in total. The summed E-state index contributed by atoms with van der Waals surface area (Å²) in [5.41, 5.74) is 1.30. The Hall–Kier alpha value is -0.840. The second-order valence-electron chi connectivity index (χ2n) is 2.92. The van der Waals surface area contributed by atoms with Gasteiger partial charge < -0.3 is 9.52 Å². The van der Waals surface area contributed by atoms with E-state index in [4.69, 9.17) is 21.1 Å². The number of aromatic nitrogens is 1. The Labute approximate surface area is 99.8 Å². The molecule has 0 amide bonds. The van der Waals surface area contributed by atoms with Crippen LogP contribution in [0.5, 0.6) is 0 Å². The summed E-state index contributed by atoms with van der Waals surface area (Å²) in [5, 5.41) is 9.62. The lowest BCUT2D eigenvalue weighted by Crippen LogP contribution is -1.86. The Bertz CT molecular complexity index is 484. The summed E-state index contributed by atoms with van der Waals surface area (Å²) in [6, 6.07) is 5.42. The highest BCUT2D eigenvalue weighted by atomic mass is 79.9. The average molecular weight is 289 g/mol. The third-order valence-corrected chi connectivity index (χ3v) is 3.21. The Morgan fingerprint density at radius 3 is 2.93 bits per heavy atom. The van der Waals surface area contributed by atoms with Crippen molar-refractivity contribution in [2.24, 2.45) is 0 Å². The van der Waals surface area contributed by atoms with Gasteiger partial charge >= 0.3 is 0 Å². The largest absolute Gasteiger partial charge is 0.443 e. The molecule has 0 unspecified atom stereocenters. The van der Waals surface area contributed by atoms with Crippen LogP contribution in [-0.4, -0.2) is 10.1 Å². The zero-order valence-corrected chi connectivity index (χ0v) is 9.92. The summed E-state index contributed by atoms with van der Waals surface area (Å²) in [6.45, 7) is -0.153. The van der Waals surface area contributed by atoms with Gasteiger partial charge in [-0.3, -0.25) is 0 Å². The topological polar surface area (TPSA) is 46.3 Å². The summed E-state index contributed by atoms with van der Waals surface area (Å²) < 4.78 is 6.01. The van der Waals surface area contributed by atoms with Crippen molar-refractivity contribution in [3.8, 4) is 11.3 Å². The third kappa shape index (κ3) is 2.07. The number of rotatable bonds is 2. The van der Waals surface area contributed by atoms with Crippen LogP contribution in [-0.2, 0) is 6.61 Å². The summed E-state index contributed by atoms with van der Waals surface area (Å²) in [7, 11) is 0. The van der Waals surface area contributed by atoms with Gasteiger partial charge in [0.25, 0.3) is 0 Å². The fourth-order valence-electron chi connectivity index (χ4n) is 1.25. The molecule has 78 valence electrons. The van der Waals surface area contributed by atoms with Crippen molar-refractivity contribution in [3.63, 3.8) is 0 Å². The van der Waals surface area contributed by atoms with Crippen molar-refractivity contribution < 1.29 is 9.52 Å². The molecule has 0 bridgehead atoms. The Morgan fingerprint density at radius 1 is 1.47 bits per heavy atom. The minimum atomic E-state index is -0.153. The minimum Gasteiger partial charge on any atom is -0.443 e. The second kappa shape index (κ2) is 4.35. The van der Waals surface area contributed by atoms with E-state index in [1.807, 2.05) is 12.1 Å². The average Bonchev–Trinajstić information content (AvgIpc) is 2.70. The molecule has 0 aliphatic rings. The molecule has 1 aromatic carbocycles. The maximum Gasteiger partial charge on any atom is 0.181 e. The Kier molecular flexibility index (Phi) is 3.09. The van der Waals surface area contributed by atoms with Crippen LogP contribution < -0.4 is 0 Å². The zero-order chi connectivity index (χ0) is 10.8. The molecule has 3 nitrogen and oxygen atoms in total. The maximum absolute atomic E-state index is 9.03. The van der Waals surface area contributed by atoms with Gasteiger partial charge in [-0.25, -0.2) is 4.98 Å². The summed E-state index contributed by atoms with van der Waals surface area (Å²) in [4.78, 5) is 3.89. The van der Waals surface area contributed by atoms with Crippen molar-refractivity contribution in [3.05, 3.63) is 39.8 Å². The molecule has 2 rings (SSSR count). The highest BCUT2D eigenvalue weighted by Crippen LogP contribution is 2.30. The van der Waals surface area contributed by atoms with Gasteiger partial charge in [-0.1, -0.05) is 11.6 Å². The molecule has 1 aromatic heterocycles. The van der Waals surface area contributed by atoms with Crippen LogP contribution in [0.25, 0.3) is 11.3 Å². The van der Waals surface area contributed by atoms with Gasteiger partial charge in [0.1, 0.15) is 5.69 Å². The van der Waals surface area contributed by atoms with Gasteiger partial charge in [-0.05, 0) is 34.1 Å². The molecule has 2 aromatic rings. The molecule has 0 aliphatic carbocycles. The van der Waals surface area contributed by atoms with Crippen molar-refractivity contribution in [2.45, 2.75) is 6.61 Å². The molecule has 0 aliphatic heterocycles. The fraction of sp³-hybridized carbons (Fsp3) is 0.100. The van der Waals surface area contributed by atoms with E-state index in [0.29, 0.717) is 16.5 Å². The first-order valence-corrected chi connectivity index (χ1v) is 5.38. The SMILES string of the molecule is OCc1ncoc1-c1ccc(Br)c(Cl)c1. The smallest absolute Gasteiger partial charge is 0.181 e. The maximum atomic E-state index is 9.03. The molecule has 0 spiro atoms. The van der Waals surface area contributed by atoms with Crippen molar-refractivity contribution in [1.29, 1.82) is 0 Å². The van der Waals surface area contributed by atoms with Gasteiger partial charge in [-0.15, -0.1) is 0 Å². The van der Waals surface area contributed by atoms with E-state index in [9.17, 15) is 0 Å². The summed E-state index contributed by atoms with van der Waals surface area (Å²) in [5.74, 6) is 0.548. The first-order valence-electron chi connectivity index (χ1n) is 4.21. The second-order valence-corrected chi connectivity index (χ2v) is 4.18. The Morgan fingerprint density at radius 2 is 2.27 bits per heavy atom. The van der Waals surface area contributed by atoms with Crippen LogP contribution in [0.2, 0.25) is 5.02 Å². The van der Waals surface area contributed by atoms with Crippen LogP contribution in [0.1, 0.15) is 5.69 Å². The van der Waals surface area contributed by atoms with Gasteiger partial charge in [0, 0.05) is 10.0 Å². The first-order chi connectivity index (χ1) is 7.22. The van der Waals surface area contributed by atoms with E-state index in [1.165, 1.54) is 6.39 Å². The highest BCUT2D eigenvalue weighted by molar-refractivity contribution is 9.10. The van der Waals surface area contributed by atoms with Crippen LogP contribution in [0, 0.1) is 0 Å². The molecule has 0 radical (unpaired) electrons. The lowest BCUT2D eigenvalue weighted by Gasteiger charge is -2.01. The fourth-order valence-corrected chi connectivity index (χ4v) is 1.68. The highest BCUT2D eigenvalue weighted by Gasteiger charge is 2.10. The molecular weight excluding hydrogens is 281 g/mol. The Balaban J connectivity index is 2.50. The molecule has 0 saturated heterocycles. The van der Waals surface area contributed by atoms with Gasteiger partial charge in [0.05, 0.1) is 11.6 Å². The zero-order valence-electron chi connectivity index (χ0n) is 7.58. The number of aliphatic hydroxyl groups excluding tert-OH is 1. The van der Waals surface area contributed by atoms with Crippen molar-refractivity contribution in [2.75, 3.05) is 0 Å². The molecule has 15 heavy (non-hydrogen) atoms. The number of benzene rings is 1. The normalized spacial score (nSPS) is 10.6. The monoisotopic (exact) mass is 287 g/mol. The van der Waals surface area contributed by atoms with Gasteiger partial charge in [0.2, 0.25) is 0 Å². The van der Waals surface area contributed by atoms with E-state index in [0.717, 1.165) is 10.0 Å². The van der Waals surface area contributed by atoms with E-state index in [1.54, 1.807) is 6.07 Å². The molecule has 0 atom stereocenters. The van der Waals surface area contributed by atoms with Crippen LogP contribution in [0.15, 0.2) is 33.5 Å². The number of nitrogens with zero attached hydrogens (tertiary/aromatic N) is 1.